The van der Waals surface area contributed by atoms with E-state index in [0.29, 0.717) is 32.8 Å². The molecule has 0 amide bonds. The van der Waals surface area contributed by atoms with E-state index in [1.54, 1.807) is 18.2 Å². The first-order chi connectivity index (χ1) is 9.08. The summed E-state index contributed by atoms with van der Waals surface area (Å²) in [5.41, 5.74) is 0. The molecule has 1 unspecified atom stereocenters. The van der Waals surface area contributed by atoms with Gasteiger partial charge in [0.2, 0.25) is 4.73 Å². The van der Waals surface area contributed by atoms with E-state index in [1.165, 1.54) is 0 Å². The lowest BCUT2D eigenvalue weighted by atomic mass is 10.2. The highest BCUT2D eigenvalue weighted by molar-refractivity contribution is 9.10. The molecular weight excluding hydrogens is 357 g/mol. The third-order valence-corrected chi connectivity index (χ3v) is 3.08. The lowest BCUT2D eigenvalue weighted by molar-refractivity contribution is 0.148. The van der Waals surface area contributed by atoms with Gasteiger partial charge >= 0.3 is 0 Å². The first-order valence-electron chi connectivity index (χ1n) is 5.40. The Labute approximate surface area is 128 Å². The highest BCUT2D eigenvalue weighted by Crippen LogP contribution is 2.28. The number of halogens is 3. The van der Waals surface area contributed by atoms with Crippen LogP contribution in [0.5, 0.6) is 5.75 Å². The molecule has 1 atom stereocenters. The van der Waals surface area contributed by atoms with Gasteiger partial charge < -0.3 is 9.84 Å². The number of H-pyrrole nitrogens is 1. The minimum Gasteiger partial charge on any atom is -0.482 e. The molecule has 102 valence electrons. The molecule has 0 spiro atoms. The molecule has 0 aliphatic carbocycles. The first-order valence-corrected chi connectivity index (χ1v) is 6.95. The molecule has 0 bridgehead atoms. The predicted molar refractivity (Wildman–Crippen MR) is 75.6 cm³/mol. The summed E-state index contributed by atoms with van der Waals surface area (Å²) in [7, 11) is 0. The van der Waals surface area contributed by atoms with Crippen LogP contribution in [-0.4, -0.2) is 26.9 Å². The highest BCUT2D eigenvalue weighted by atomic mass is 79.9. The minimum absolute atomic E-state index is 0.0444. The molecule has 19 heavy (non-hydrogen) atoms. The van der Waals surface area contributed by atoms with E-state index in [2.05, 4.69) is 31.1 Å². The Morgan fingerprint density at radius 3 is 2.53 bits per heavy atom. The van der Waals surface area contributed by atoms with Crippen molar-refractivity contribution in [3.8, 4) is 5.75 Å². The van der Waals surface area contributed by atoms with Crippen LogP contribution in [0, 0.1) is 0 Å². The van der Waals surface area contributed by atoms with E-state index in [0.717, 1.165) is 0 Å². The zero-order chi connectivity index (χ0) is 13.8. The second kappa shape index (κ2) is 6.56. The highest BCUT2D eigenvalue weighted by Gasteiger charge is 2.17. The van der Waals surface area contributed by atoms with Gasteiger partial charge in [-0.05, 0) is 34.1 Å². The van der Waals surface area contributed by atoms with E-state index >= 15 is 0 Å². The molecule has 0 radical (unpaired) electrons. The second-order valence-electron chi connectivity index (χ2n) is 3.71. The molecule has 0 aliphatic heterocycles. The molecule has 1 aromatic carbocycles. The molecule has 0 saturated heterocycles. The maximum absolute atomic E-state index is 9.09. The number of benzene rings is 1. The molecule has 2 rings (SSSR count). The summed E-state index contributed by atoms with van der Waals surface area (Å²) >= 11 is 15.0. The average molecular weight is 367 g/mol. The van der Waals surface area contributed by atoms with Crippen molar-refractivity contribution in [2.24, 2.45) is 0 Å². The van der Waals surface area contributed by atoms with Gasteiger partial charge in [-0.2, -0.15) is 0 Å². The average Bonchev–Trinajstić information content (AvgIpc) is 2.74. The lowest BCUT2D eigenvalue weighted by Gasteiger charge is -2.16. The zero-order valence-electron chi connectivity index (χ0n) is 9.61. The van der Waals surface area contributed by atoms with Crippen molar-refractivity contribution in [3.63, 3.8) is 0 Å². The van der Waals surface area contributed by atoms with E-state index in [9.17, 15) is 0 Å². The molecule has 0 aliphatic rings. The smallest absolute Gasteiger partial charge is 0.217 e. The van der Waals surface area contributed by atoms with E-state index in [1.807, 2.05) is 0 Å². The Hall–Kier alpha value is -0.820. The van der Waals surface area contributed by atoms with Crippen molar-refractivity contribution >= 4 is 39.1 Å². The van der Waals surface area contributed by atoms with Crippen LogP contribution in [0.15, 0.2) is 22.9 Å². The largest absolute Gasteiger partial charge is 0.482 e. The summed E-state index contributed by atoms with van der Waals surface area (Å²) in [5.74, 6) is 1.01. The van der Waals surface area contributed by atoms with Crippen molar-refractivity contribution in [1.29, 1.82) is 0 Å². The summed E-state index contributed by atoms with van der Waals surface area (Å²) in [6.45, 7) is -0.0444. The Balaban J connectivity index is 2.20. The number of aliphatic hydroxyl groups excluding tert-OH is 1. The van der Waals surface area contributed by atoms with Crippen LogP contribution in [-0.2, 0) is 0 Å². The van der Waals surface area contributed by atoms with Gasteiger partial charge in [0, 0.05) is 23.1 Å². The number of nitrogens with zero attached hydrogens (tertiary/aromatic N) is 2. The Bertz CT molecular complexity index is 544. The number of hydrogen-bond donors (Lipinski definition) is 2. The SMILES string of the molecule is OCCC(Oc1cc(Cl)cc(Cl)c1)c1nc(Br)n[nH]1. The van der Waals surface area contributed by atoms with Crippen molar-refractivity contribution in [3.05, 3.63) is 38.8 Å². The fraction of sp³-hybridized carbons (Fsp3) is 0.273. The van der Waals surface area contributed by atoms with Crippen LogP contribution in [0.1, 0.15) is 18.3 Å². The normalized spacial score (nSPS) is 12.4. The quantitative estimate of drug-likeness (QED) is 0.850. The lowest BCUT2D eigenvalue weighted by Crippen LogP contribution is -2.11. The first kappa shape index (κ1) is 14.6. The van der Waals surface area contributed by atoms with E-state index in [-0.39, 0.29) is 6.61 Å². The molecule has 0 saturated carbocycles. The van der Waals surface area contributed by atoms with Gasteiger partial charge in [-0.3, -0.25) is 5.10 Å². The monoisotopic (exact) mass is 365 g/mol. The van der Waals surface area contributed by atoms with Crippen molar-refractivity contribution in [1.82, 2.24) is 15.2 Å². The van der Waals surface area contributed by atoms with Crippen LogP contribution in [0.25, 0.3) is 0 Å². The number of nitrogens with one attached hydrogen (secondary N) is 1. The Morgan fingerprint density at radius 1 is 1.32 bits per heavy atom. The number of aromatic amines is 1. The number of ether oxygens (including phenoxy) is 1. The molecule has 2 N–H and O–H groups in total. The fourth-order valence-electron chi connectivity index (χ4n) is 1.53. The third kappa shape index (κ3) is 4.07. The maximum atomic E-state index is 9.09. The molecule has 0 fully saturated rings. The molecular formula is C11H10BrCl2N3O2. The minimum atomic E-state index is -0.460. The Morgan fingerprint density at radius 2 is 2.00 bits per heavy atom. The summed E-state index contributed by atoms with van der Waals surface area (Å²) in [4.78, 5) is 4.12. The third-order valence-electron chi connectivity index (χ3n) is 2.29. The van der Waals surface area contributed by atoms with Gasteiger partial charge in [0.25, 0.3) is 0 Å². The van der Waals surface area contributed by atoms with Crippen molar-refractivity contribution in [2.45, 2.75) is 12.5 Å². The van der Waals surface area contributed by atoms with E-state index < -0.39 is 6.10 Å². The summed E-state index contributed by atoms with van der Waals surface area (Å²) in [6, 6.07) is 4.90. The maximum Gasteiger partial charge on any atom is 0.217 e. The van der Waals surface area contributed by atoms with Crippen LogP contribution >= 0.6 is 39.1 Å². The zero-order valence-corrected chi connectivity index (χ0v) is 12.7. The standard InChI is InChI=1S/C11H10BrCl2N3O2/c12-11-15-10(16-17-11)9(1-2-18)19-8-4-6(13)3-7(14)5-8/h3-5,9,18H,1-2H2,(H,15,16,17). The van der Waals surface area contributed by atoms with Gasteiger partial charge in [0.05, 0.1) is 0 Å². The van der Waals surface area contributed by atoms with Crippen molar-refractivity contribution < 1.29 is 9.84 Å². The molecule has 5 nitrogen and oxygen atoms in total. The number of rotatable bonds is 5. The topological polar surface area (TPSA) is 71.0 Å². The van der Waals surface area contributed by atoms with Crippen LogP contribution in [0.3, 0.4) is 0 Å². The van der Waals surface area contributed by atoms with Gasteiger partial charge in [0.15, 0.2) is 11.9 Å². The molecule has 2 aromatic rings. The summed E-state index contributed by atoms with van der Waals surface area (Å²) in [5, 5.41) is 16.6. The van der Waals surface area contributed by atoms with Gasteiger partial charge in [-0.1, -0.05) is 23.2 Å². The molecule has 1 aromatic heterocycles. The number of hydrogen-bond acceptors (Lipinski definition) is 4. The van der Waals surface area contributed by atoms with Crippen LogP contribution < -0.4 is 4.74 Å². The molecule has 1 heterocycles. The summed E-state index contributed by atoms with van der Waals surface area (Å²) < 4.78 is 6.16. The fourth-order valence-corrected chi connectivity index (χ4v) is 2.31. The van der Waals surface area contributed by atoms with E-state index in [4.69, 9.17) is 33.0 Å². The van der Waals surface area contributed by atoms with Crippen LogP contribution in [0.4, 0.5) is 0 Å². The number of aromatic nitrogens is 3. The van der Waals surface area contributed by atoms with Gasteiger partial charge in [0.1, 0.15) is 5.75 Å². The predicted octanol–water partition coefficient (Wildman–Crippen LogP) is 3.38. The van der Waals surface area contributed by atoms with Crippen molar-refractivity contribution in [2.75, 3.05) is 6.61 Å². The van der Waals surface area contributed by atoms with Gasteiger partial charge in [-0.15, -0.1) is 5.10 Å². The second-order valence-corrected chi connectivity index (χ2v) is 5.30. The van der Waals surface area contributed by atoms with Gasteiger partial charge in [-0.25, -0.2) is 4.98 Å². The van der Waals surface area contributed by atoms with Crippen LogP contribution in [0.2, 0.25) is 10.0 Å². The molecule has 8 heteroatoms. The number of aliphatic hydroxyl groups is 1. The Kier molecular flexibility index (Phi) is 5.04. The summed E-state index contributed by atoms with van der Waals surface area (Å²) in [6.07, 6.45) is -0.0930.